The minimum absolute atomic E-state index is 0.376. The number of hydrogen-bond donors (Lipinski definition) is 1. The Balaban J connectivity index is 1.99. The van der Waals surface area contributed by atoms with E-state index in [4.69, 9.17) is 0 Å². The number of nitrogens with zero attached hydrogens (tertiary/aromatic N) is 1. The number of halogens is 2. The standard InChI is InChI=1S/C10H12BrFN2/c1-7-8(11)2-3-9(14-7)13-6-10(12)4-5-10/h2-3H,4-6H2,1H3,(H,13,14). The van der Waals surface area contributed by atoms with E-state index in [9.17, 15) is 4.39 Å². The van der Waals surface area contributed by atoms with E-state index in [1.165, 1.54) is 0 Å². The normalized spacial score (nSPS) is 17.9. The fourth-order valence-corrected chi connectivity index (χ4v) is 1.42. The molecule has 1 aliphatic carbocycles. The van der Waals surface area contributed by atoms with Crippen LogP contribution in [0.5, 0.6) is 0 Å². The molecule has 1 saturated carbocycles. The van der Waals surface area contributed by atoms with E-state index in [0.29, 0.717) is 19.4 Å². The van der Waals surface area contributed by atoms with Crippen molar-refractivity contribution in [1.82, 2.24) is 4.98 Å². The van der Waals surface area contributed by atoms with E-state index >= 15 is 0 Å². The van der Waals surface area contributed by atoms with Crippen LogP contribution in [0.4, 0.5) is 10.2 Å². The Kier molecular flexibility index (Phi) is 2.47. The molecule has 0 aliphatic heterocycles. The number of aryl methyl sites for hydroxylation is 1. The lowest BCUT2D eigenvalue weighted by atomic mass is 10.3. The van der Waals surface area contributed by atoms with E-state index < -0.39 is 5.67 Å². The van der Waals surface area contributed by atoms with E-state index in [0.717, 1.165) is 16.0 Å². The largest absolute Gasteiger partial charge is 0.367 e. The predicted octanol–water partition coefficient (Wildman–Crippen LogP) is 3.07. The highest BCUT2D eigenvalue weighted by Crippen LogP contribution is 2.39. The van der Waals surface area contributed by atoms with Crippen LogP contribution in [0.1, 0.15) is 18.5 Å². The van der Waals surface area contributed by atoms with Crippen molar-refractivity contribution in [2.24, 2.45) is 0 Å². The second-order valence-corrected chi connectivity index (χ2v) is 4.62. The Labute approximate surface area is 91.1 Å². The third-order valence-electron chi connectivity index (χ3n) is 2.40. The summed E-state index contributed by atoms with van der Waals surface area (Å²) in [4.78, 5) is 4.28. The van der Waals surface area contributed by atoms with Crippen molar-refractivity contribution in [2.45, 2.75) is 25.4 Å². The molecule has 0 atom stereocenters. The summed E-state index contributed by atoms with van der Waals surface area (Å²) in [5.41, 5.74) is -0.0541. The van der Waals surface area contributed by atoms with Gasteiger partial charge in [-0.25, -0.2) is 9.37 Å². The first-order valence-corrected chi connectivity index (χ1v) is 5.44. The predicted molar refractivity (Wildman–Crippen MR) is 58.2 cm³/mol. The van der Waals surface area contributed by atoms with Gasteiger partial charge < -0.3 is 5.32 Å². The molecule has 0 unspecified atom stereocenters. The van der Waals surface area contributed by atoms with E-state index in [2.05, 4.69) is 26.2 Å². The fourth-order valence-electron chi connectivity index (χ4n) is 1.20. The molecule has 0 saturated heterocycles. The smallest absolute Gasteiger partial charge is 0.128 e. The molecule has 0 bridgehead atoms. The first-order chi connectivity index (χ1) is 6.59. The van der Waals surface area contributed by atoms with Gasteiger partial charge in [0.05, 0.1) is 12.2 Å². The monoisotopic (exact) mass is 258 g/mol. The minimum Gasteiger partial charge on any atom is -0.367 e. The van der Waals surface area contributed by atoms with Crippen LogP contribution in [-0.2, 0) is 0 Å². The van der Waals surface area contributed by atoms with Crippen LogP contribution in [0.3, 0.4) is 0 Å². The quantitative estimate of drug-likeness (QED) is 0.902. The van der Waals surface area contributed by atoms with Gasteiger partial charge in [-0.2, -0.15) is 0 Å². The average Bonchev–Trinajstić information content (AvgIpc) is 2.87. The van der Waals surface area contributed by atoms with Crippen LogP contribution < -0.4 is 5.32 Å². The lowest BCUT2D eigenvalue weighted by Crippen LogP contribution is -2.16. The first kappa shape index (κ1) is 9.90. The lowest BCUT2D eigenvalue weighted by Gasteiger charge is -2.08. The third-order valence-corrected chi connectivity index (χ3v) is 3.24. The number of rotatable bonds is 3. The van der Waals surface area contributed by atoms with Crippen molar-refractivity contribution in [3.05, 3.63) is 22.3 Å². The number of pyridine rings is 1. The van der Waals surface area contributed by atoms with E-state index in [1.54, 1.807) is 0 Å². The van der Waals surface area contributed by atoms with Gasteiger partial charge in [0.25, 0.3) is 0 Å². The van der Waals surface area contributed by atoms with Gasteiger partial charge >= 0.3 is 0 Å². The van der Waals surface area contributed by atoms with Crippen molar-refractivity contribution < 1.29 is 4.39 Å². The molecular weight excluding hydrogens is 247 g/mol. The van der Waals surface area contributed by atoms with E-state index in [1.807, 2.05) is 19.1 Å². The molecule has 0 radical (unpaired) electrons. The molecule has 14 heavy (non-hydrogen) atoms. The Morgan fingerprint density at radius 3 is 2.86 bits per heavy atom. The third kappa shape index (κ3) is 2.23. The van der Waals surface area contributed by atoms with Crippen molar-refractivity contribution in [2.75, 3.05) is 11.9 Å². The van der Waals surface area contributed by atoms with Gasteiger partial charge in [0.2, 0.25) is 0 Å². The Bertz CT molecular complexity index is 350. The summed E-state index contributed by atoms with van der Waals surface area (Å²) in [7, 11) is 0. The number of hydrogen-bond acceptors (Lipinski definition) is 2. The highest BCUT2D eigenvalue weighted by molar-refractivity contribution is 9.10. The Morgan fingerprint density at radius 2 is 2.29 bits per heavy atom. The second kappa shape index (κ2) is 3.50. The van der Waals surface area contributed by atoms with Gasteiger partial charge in [-0.05, 0) is 47.8 Å². The molecule has 2 nitrogen and oxygen atoms in total. The molecule has 1 N–H and O–H groups in total. The Hall–Kier alpha value is -0.640. The minimum atomic E-state index is -0.970. The zero-order chi connectivity index (χ0) is 10.2. The molecular formula is C10H12BrFN2. The SMILES string of the molecule is Cc1nc(NCC2(F)CC2)ccc1Br. The second-order valence-electron chi connectivity index (χ2n) is 3.77. The van der Waals surface area contributed by atoms with Crippen LogP contribution in [0.2, 0.25) is 0 Å². The molecule has 1 aromatic heterocycles. The molecule has 2 rings (SSSR count). The molecule has 76 valence electrons. The van der Waals surface area contributed by atoms with Crippen molar-refractivity contribution in [1.29, 1.82) is 0 Å². The highest BCUT2D eigenvalue weighted by atomic mass is 79.9. The van der Waals surface area contributed by atoms with E-state index in [-0.39, 0.29) is 0 Å². The fraction of sp³-hybridized carbons (Fsp3) is 0.500. The summed E-state index contributed by atoms with van der Waals surface area (Å²) in [6.07, 6.45) is 1.35. The van der Waals surface area contributed by atoms with Gasteiger partial charge in [0, 0.05) is 4.47 Å². The van der Waals surface area contributed by atoms with Crippen molar-refractivity contribution >= 4 is 21.7 Å². The van der Waals surface area contributed by atoms with Crippen molar-refractivity contribution in [3.63, 3.8) is 0 Å². The lowest BCUT2D eigenvalue weighted by molar-refractivity contribution is 0.326. The maximum Gasteiger partial charge on any atom is 0.128 e. The molecule has 1 aliphatic rings. The molecule has 4 heteroatoms. The topological polar surface area (TPSA) is 24.9 Å². The van der Waals surface area contributed by atoms with Crippen LogP contribution in [-0.4, -0.2) is 17.2 Å². The van der Waals surface area contributed by atoms with Gasteiger partial charge in [0.15, 0.2) is 0 Å². The van der Waals surface area contributed by atoms with Gasteiger partial charge in [-0.15, -0.1) is 0 Å². The van der Waals surface area contributed by atoms with Crippen LogP contribution in [0, 0.1) is 6.92 Å². The molecule has 1 aromatic rings. The Morgan fingerprint density at radius 1 is 1.57 bits per heavy atom. The maximum absolute atomic E-state index is 13.3. The zero-order valence-electron chi connectivity index (χ0n) is 7.98. The summed E-state index contributed by atoms with van der Waals surface area (Å²) >= 11 is 3.37. The van der Waals surface area contributed by atoms with Crippen LogP contribution >= 0.6 is 15.9 Å². The zero-order valence-corrected chi connectivity index (χ0v) is 9.57. The summed E-state index contributed by atoms with van der Waals surface area (Å²) in [5.74, 6) is 0.745. The summed E-state index contributed by atoms with van der Waals surface area (Å²) in [5, 5.41) is 3.01. The first-order valence-electron chi connectivity index (χ1n) is 4.65. The molecule has 0 aromatic carbocycles. The highest BCUT2D eigenvalue weighted by Gasteiger charge is 2.42. The van der Waals surface area contributed by atoms with Gasteiger partial charge in [0.1, 0.15) is 11.5 Å². The number of aromatic nitrogens is 1. The van der Waals surface area contributed by atoms with Gasteiger partial charge in [-0.3, -0.25) is 0 Å². The summed E-state index contributed by atoms with van der Waals surface area (Å²) < 4.78 is 14.2. The number of anilines is 1. The van der Waals surface area contributed by atoms with Gasteiger partial charge in [-0.1, -0.05) is 0 Å². The molecule has 1 heterocycles. The maximum atomic E-state index is 13.3. The van der Waals surface area contributed by atoms with Crippen molar-refractivity contribution in [3.8, 4) is 0 Å². The molecule has 1 fully saturated rings. The summed E-state index contributed by atoms with van der Waals surface area (Å²) in [6.45, 7) is 2.29. The molecule has 0 spiro atoms. The molecule has 0 amide bonds. The average molecular weight is 259 g/mol. The summed E-state index contributed by atoms with van der Waals surface area (Å²) in [6, 6.07) is 3.77. The number of nitrogens with one attached hydrogen (secondary N) is 1. The van der Waals surface area contributed by atoms with Crippen LogP contribution in [0.25, 0.3) is 0 Å². The van der Waals surface area contributed by atoms with Crippen LogP contribution in [0.15, 0.2) is 16.6 Å². The number of alkyl halides is 1.